The molecule has 1 amide bonds. The molecule has 0 atom stereocenters. The van der Waals surface area contributed by atoms with Crippen molar-refractivity contribution in [2.45, 2.75) is 43.4 Å². The number of nitrogens with one attached hydrogen (secondary N) is 2. The number of hydrogen-bond acceptors (Lipinski definition) is 3. The zero-order chi connectivity index (χ0) is 19.5. The van der Waals surface area contributed by atoms with E-state index < -0.39 is 15.4 Å². The summed E-state index contributed by atoms with van der Waals surface area (Å²) in [6.45, 7) is 4.80. The molecule has 0 aromatic heterocycles. The van der Waals surface area contributed by atoms with Crippen LogP contribution in [0.2, 0.25) is 0 Å². The molecule has 0 spiro atoms. The van der Waals surface area contributed by atoms with E-state index in [1.54, 1.807) is 42.5 Å². The number of benzene rings is 2. The monoisotopic (exact) mass is 386 g/mol. The molecule has 27 heavy (non-hydrogen) atoms. The van der Waals surface area contributed by atoms with Crippen LogP contribution in [-0.4, -0.2) is 20.9 Å². The third-order valence-corrected chi connectivity index (χ3v) is 6.45. The molecule has 1 aliphatic carbocycles. The molecule has 0 radical (unpaired) electrons. The first-order valence-electron chi connectivity index (χ1n) is 9.30. The highest BCUT2D eigenvalue weighted by atomic mass is 32.2. The Bertz CT molecular complexity index is 887. The van der Waals surface area contributed by atoms with E-state index in [1.807, 2.05) is 12.1 Å². The lowest BCUT2D eigenvalue weighted by molar-refractivity contribution is -0.130. The van der Waals surface area contributed by atoms with Crippen LogP contribution >= 0.6 is 0 Å². The third kappa shape index (κ3) is 4.16. The van der Waals surface area contributed by atoms with Crippen LogP contribution in [0, 0.1) is 5.92 Å². The van der Waals surface area contributed by atoms with Crippen molar-refractivity contribution < 1.29 is 13.2 Å². The van der Waals surface area contributed by atoms with Gasteiger partial charge in [0.1, 0.15) is 0 Å². The summed E-state index contributed by atoms with van der Waals surface area (Å²) in [4.78, 5) is 12.9. The quantitative estimate of drug-likeness (QED) is 0.762. The van der Waals surface area contributed by atoms with Gasteiger partial charge in [0.05, 0.1) is 10.3 Å². The Morgan fingerprint density at radius 1 is 1.04 bits per heavy atom. The zero-order valence-corrected chi connectivity index (χ0v) is 16.6. The second-order valence-corrected chi connectivity index (χ2v) is 9.22. The molecule has 0 unspecified atom stereocenters. The van der Waals surface area contributed by atoms with Gasteiger partial charge in [-0.2, -0.15) is 0 Å². The summed E-state index contributed by atoms with van der Waals surface area (Å²) >= 11 is 0. The maximum Gasteiger partial charge on any atom is 0.261 e. The van der Waals surface area contributed by atoms with Gasteiger partial charge in [-0.1, -0.05) is 50.6 Å². The molecule has 2 aromatic carbocycles. The molecule has 5 nitrogen and oxygen atoms in total. The summed E-state index contributed by atoms with van der Waals surface area (Å²) in [7, 11) is -3.62. The number of amides is 1. The number of anilines is 1. The topological polar surface area (TPSA) is 75.3 Å². The molecule has 1 aliphatic rings. The van der Waals surface area contributed by atoms with Gasteiger partial charge >= 0.3 is 0 Å². The Balaban J connectivity index is 1.76. The maximum atomic E-state index is 12.7. The lowest BCUT2D eigenvalue weighted by Gasteiger charge is -2.41. The average molecular weight is 387 g/mol. The molecule has 144 valence electrons. The number of sulfonamides is 1. The van der Waals surface area contributed by atoms with Crippen molar-refractivity contribution in [2.75, 3.05) is 11.3 Å². The minimum Gasteiger partial charge on any atom is -0.355 e. The molecular weight excluding hydrogens is 360 g/mol. The fourth-order valence-electron chi connectivity index (χ4n) is 3.31. The lowest BCUT2D eigenvalue weighted by Crippen LogP contribution is -2.49. The highest BCUT2D eigenvalue weighted by molar-refractivity contribution is 7.92. The van der Waals surface area contributed by atoms with Gasteiger partial charge in [0.15, 0.2) is 0 Å². The Morgan fingerprint density at radius 2 is 1.67 bits per heavy atom. The first-order valence-corrected chi connectivity index (χ1v) is 10.8. The van der Waals surface area contributed by atoms with Crippen molar-refractivity contribution in [3.05, 3.63) is 60.2 Å². The minimum atomic E-state index is -3.62. The first kappa shape index (κ1) is 19.4. The Kier molecular flexibility index (Phi) is 5.56. The second-order valence-electron chi connectivity index (χ2n) is 7.54. The first-order chi connectivity index (χ1) is 12.8. The average Bonchev–Trinajstić information content (AvgIpc) is 2.61. The highest BCUT2D eigenvalue weighted by Crippen LogP contribution is 2.44. The number of hydrogen-bond donors (Lipinski definition) is 2. The van der Waals surface area contributed by atoms with Crippen LogP contribution < -0.4 is 10.0 Å². The standard InChI is InChI=1S/C21H26N2O3S/c1-16(2)15-22-20(24)21(13-6-14-21)17-9-11-18(12-10-17)23-27(25,26)19-7-4-3-5-8-19/h3-5,7-12,16,23H,6,13-15H2,1-2H3,(H,22,24). The number of rotatable bonds is 7. The lowest BCUT2D eigenvalue weighted by atomic mass is 9.63. The smallest absolute Gasteiger partial charge is 0.261 e. The van der Waals surface area contributed by atoms with E-state index in [9.17, 15) is 13.2 Å². The van der Waals surface area contributed by atoms with Gasteiger partial charge in [0.25, 0.3) is 10.0 Å². The van der Waals surface area contributed by atoms with Crippen LogP contribution in [0.1, 0.15) is 38.7 Å². The third-order valence-electron chi connectivity index (χ3n) is 5.06. The van der Waals surface area contributed by atoms with Crippen LogP contribution in [0.4, 0.5) is 5.69 Å². The minimum absolute atomic E-state index is 0.0695. The SMILES string of the molecule is CC(C)CNC(=O)C1(c2ccc(NS(=O)(=O)c3ccccc3)cc2)CCC1. The van der Waals surface area contributed by atoms with Gasteiger partial charge in [-0.15, -0.1) is 0 Å². The van der Waals surface area contributed by atoms with E-state index in [2.05, 4.69) is 23.9 Å². The van der Waals surface area contributed by atoms with Crippen LogP contribution in [-0.2, 0) is 20.2 Å². The van der Waals surface area contributed by atoms with E-state index >= 15 is 0 Å². The van der Waals surface area contributed by atoms with Gasteiger partial charge in [-0.3, -0.25) is 9.52 Å². The largest absolute Gasteiger partial charge is 0.355 e. The Labute approximate surface area is 161 Å². The van der Waals surface area contributed by atoms with Crippen molar-refractivity contribution in [3.63, 3.8) is 0 Å². The van der Waals surface area contributed by atoms with E-state index in [1.165, 1.54) is 0 Å². The van der Waals surface area contributed by atoms with Crippen molar-refractivity contribution in [1.29, 1.82) is 0 Å². The van der Waals surface area contributed by atoms with Crippen molar-refractivity contribution in [2.24, 2.45) is 5.92 Å². The summed E-state index contributed by atoms with van der Waals surface area (Å²) in [6.07, 6.45) is 2.68. The number of carbonyl (C=O) groups is 1. The van der Waals surface area contributed by atoms with Crippen molar-refractivity contribution >= 4 is 21.6 Å². The van der Waals surface area contributed by atoms with Gasteiger partial charge in [0.2, 0.25) is 5.91 Å². The molecule has 2 N–H and O–H groups in total. The zero-order valence-electron chi connectivity index (χ0n) is 15.7. The molecule has 1 fully saturated rings. The fourth-order valence-corrected chi connectivity index (χ4v) is 4.39. The molecule has 3 rings (SSSR count). The van der Waals surface area contributed by atoms with Crippen LogP contribution in [0.25, 0.3) is 0 Å². The normalized spacial score (nSPS) is 15.8. The maximum absolute atomic E-state index is 12.7. The Hall–Kier alpha value is -2.34. The fraction of sp³-hybridized carbons (Fsp3) is 0.381. The van der Waals surface area contributed by atoms with Crippen LogP contribution in [0.5, 0.6) is 0 Å². The summed E-state index contributed by atoms with van der Waals surface area (Å²) < 4.78 is 27.5. The van der Waals surface area contributed by atoms with E-state index in [0.717, 1.165) is 24.8 Å². The molecule has 0 saturated heterocycles. The summed E-state index contributed by atoms with van der Waals surface area (Å²) in [6, 6.07) is 15.4. The molecule has 1 saturated carbocycles. The summed E-state index contributed by atoms with van der Waals surface area (Å²) in [5, 5.41) is 3.05. The van der Waals surface area contributed by atoms with Crippen molar-refractivity contribution in [1.82, 2.24) is 5.32 Å². The molecule has 0 heterocycles. The molecular formula is C21H26N2O3S. The Morgan fingerprint density at radius 3 is 2.19 bits per heavy atom. The van der Waals surface area contributed by atoms with Gasteiger partial charge in [-0.05, 0) is 48.6 Å². The van der Waals surface area contributed by atoms with Gasteiger partial charge < -0.3 is 5.32 Å². The summed E-state index contributed by atoms with van der Waals surface area (Å²) in [5.74, 6) is 0.473. The molecule has 0 bridgehead atoms. The second kappa shape index (κ2) is 7.72. The predicted molar refractivity (Wildman–Crippen MR) is 107 cm³/mol. The van der Waals surface area contributed by atoms with E-state index in [-0.39, 0.29) is 10.8 Å². The predicted octanol–water partition coefficient (Wildman–Crippen LogP) is 3.68. The van der Waals surface area contributed by atoms with E-state index in [4.69, 9.17) is 0 Å². The van der Waals surface area contributed by atoms with Crippen LogP contribution in [0.15, 0.2) is 59.5 Å². The van der Waals surface area contributed by atoms with Gasteiger partial charge in [-0.25, -0.2) is 8.42 Å². The van der Waals surface area contributed by atoms with Gasteiger partial charge in [0, 0.05) is 12.2 Å². The molecule has 0 aliphatic heterocycles. The van der Waals surface area contributed by atoms with Crippen LogP contribution in [0.3, 0.4) is 0 Å². The van der Waals surface area contributed by atoms with E-state index in [0.29, 0.717) is 18.2 Å². The summed E-state index contributed by atoms with van der Waals surface area (Å²) in [5.41, 5.74) is 0.948. The number of carbonyl (C=O) groups excluding carboxylic acids is 1. The molecule has 6 heteroatoms. The molecule has 2 aromatic rings. The van der Waals surface area contributed by atoms with Crippen molar-refractivity contribution in [3.8, 4) is 0 Å². The highest BCUT2D eigenvalue weighted by Gasteiger charge is 2.45.